The molecule has 0 aliphatic heterocycles. The lowest BCUT2D eigenvalue weighted by Crippen LogP contribution is -2.22. The van der Waals surface area contributed by atoms with Crippen molar-refractivity contribution in [3.8, 4) is 0 Å². The zero-order valence-electron chi connectivity index (χ0n) is 8.89. The molecule has 0 spiro atoms. The SMILES string of the molecule is CCC(CCC=O)C(C)(C)CC. The fourth-order valence-electron chi connectivity index (χ4n) is 1.71. The van der Waals surface area contributed by atoms with Crippen LogP contribution in [0, 0.1) is 11.3 Å². The van der Waals surface area contributed by atoms with Crippen LogP contribution >= 0.6 is 0 Å². The van der Waals surface area contributed by atoms with Gasteiger partial charge in [0, 0.05) is 6.42 Å². The molecular weight excluding hydrogens is 148 g/mol. The molecule has 0 bridgehead atoms. The Bertz CT molecular complexity index is 127. The van der Waals surface area contributed by atoms with Crippen LogP contribution in [0.15, 0.2) is 0 Å². The van der Waals surface area contributed by atoms with Gasteiger partial charge in [-0.15, -0.1) is 0 Å². The summed E-state index contributed by atoms with van der Waals surface area (Å²) < 4.78 is 0. The van der Waals surface area contributed by atoms with Gasteiger partial charge < -0.3 is 4.79 Å². The molecule has 1 atom stereocenters. The summed E-state index contributed by atoms with van der Waals surface area (Å²) in [5.74, 6) is 0.702. The lowest BCUT2D eigenvalue weighted by molar-refractivity contribution is -0.108. The molecule has 0 aromatic carbocycles. The van der Waals surface area contributed by atoms with Crippen molar-refractivity contribution in [2.24, 2.45) is 11.3 Å². The number of hydrogen-bond donors (Lipinski definition) is 0. The number of carbonyl (C=O) groups excluding carboxylic acids is 1. The Morgan fingerprint density at radius 2 is 1.92 bits per heavy atom. The van der Waals surface area contributed by atoms with E-state index < -0.39 is 0 Å². The lowest BCUT2D eigenvalue weighted by atomic mass is 9.73. The Kier molecular flexibility index (Phi) is 5.19. The van der Waals surface area contributed by atoms with Gasteiger partial charge in [-0.25, -0.2) is 0 Å². The fraction of sp³-hybridized carbons (Fsp3) is 0.909. The van der Waals surface area contributed by atoms with Gasteiger partial charge in [-0.1, -0.05) is 40.5 Å². The van der Waals surface area contributed by atoms with E-state index in [1.165, 1.54) is 12.8 Å². The second-order valence-electron chi connectivity index (χ2n) is 4.19. The Morgan fingerprint density at radius 3 is 2.25 bits per heavy atom. The first-order chi connectivity index (χ1) is 5.58. The third-order valence-electron chi connectivity index (χ3n) is 3.14. The average Bonchev–Trinajstić information content (AvgIpc) is 2.05. The van der Waals surface area contributed by atoms with E-state index in [0.717, 1.165) is 19.1 Å². The van der Waals surface area contributed by atoms with E-state index in [4.69, 9.17) is 0 Å². The zero-order chi connectivity index (χ0) is 9.61. The molecule has 1 nitrogen and oxygen atoms in total. The normalized spacial score (nSPS) is 14.3. The second kappa shape index (κ2) is 5.34. The molecule has 0 aliphatic rings. The third kappa shape index (κ3) is 3.38. The highest BCUT2D eigenvalue weighted by Gasteiger charge is 2.25. The maximum Gasteiger partial charge on any atom is 0.120 e. The van der Waals surface area contributed by atoms with Crippen LogP contribution < -0.4 is 0 Å². The number of rotatable bonds is 6. The van der Waals surface area contributed by atoms with E-state index in [9.17, 15) is 4.79 Å². The van der Waals surface area contributed by atoms with Crippen molar-refractivity contribution in [1.29, 1.82) is 0 Å². The standard InChI is InChI=1S/C11H22O/c1-5-10(8-7-9-12)11(3,4)6-2/h9-10H,5-8H2,1-4H3. The third-order valence-corrected chi connectivity index (χ3v) is 3.14. The van der Waals surface area contributed by atoms with Crippen molar-refractivity contribution in [3.05, 3.63) is 0 Å². The first-order valence-corrected chi connectivity index (χ1v) is 5.02. The van der Waals surface area contributed by atoms with Gasteiger partial charge in [0.15, 0.2) is 0 Å². The molecule has 1 unspecified atom stereocenters. The molecule has 0 heterocycles. The van der Waals surface area contributed by atoms with Crippen LogP contribution in [-0.4, -0.2) is 6.29 Å². The summed E-state index contributed by atoms with van der Waals surface area (Å²) in [4.78, 5) is 10.2. The van der Waals surface area contributed by atoms with Crippen LogP contribution in [0.25, 0.3) is 0 Å². The van der Waals surface area contributed by atoms with E-state index in [-0.39, 0.29) is 0 Å². The average molecular weight is 170 g/mol. The lowest BCUT2D eigenvalue weighted by Gasteiger charge is -2.32. The van der Waals surface area contributed by atoms with Crippen LogP contribution in [0.2, 0.25) is 0 Å². The van der Waals surface area contributed by atoms with Crippen molar-refractivity contribution in [3.63, 3.8) is 0 Å². The van der Waals surface area contributed by atoms with Crippen LogP contribution in [-0.2, 0) is 4.79 Å². The van der Waals surface area contributed by atoms with Crippen molar-refractivity contribution in [1.82, 2.24) is 0 Å². The molecule has 0 aromatic heterocycles. The fourth-order valence-corrected chi connectivity index (χ4v) is 1.71. The molecule has 1 heteroatoms. The Balaban J connectivity index is 4.03. The molecule has 0 saturated heterocycles. The van der Waals surface area contributed by atoms with Crippen LogP contribution in [0.5, 0.6) is 0 Å². The van der Waals surface area contributed by atoms with Gasteiger partial charge in [-0.3, -0.25) is 0 Å². The second-order valence-corrected chi connectivity index (χ2v) is 4.19. The van der Waals surface area contributed by atoms with Gasteiger partial charge in [0.2, 0.25) is 0 Å². The molecule has 0 rings (SSSR count). The van der Waals surface area contributed by atoms with Crippen molar-refractivity contribution >= 4 is 6.29 Å². The smallest absolute Gasteiger partial charge is 0.120 e. The highest BCUT2D eigenvalue weighted by molar-refractivity contribution is 5.49. The van der Waals surface area contributed by atoms with Gasteiger partial charge in [-0.2, -0.15) is 0 Å². The number of carbonyl (C=O) groups is 1. The van der Waals surface area contributed by atoms with E-state index >= 15 is 0 Å². The van der Waals surface area contributed by atoms with E-state index in [2.05, 4.69) is 27.7 Å². The quantitative estimate of drug-likeness (QED) is 0.558. The Hall–Kier alpha value is -0.330. The maximum atomic E-state index is 10.2. The van der Waals surface area contributed by atoms with Gasteiger partial charge in [0.05, 0.1) is 0 Å². The first-order valence-electron chi connectivity index (χ1n) is 5.02. The molecule has 0 aromatic rings. The summed E-state index contributed by atoms with van der Waals surface area (Å²) in [7, 11) is 0. The number of aldehydes is 1. The molecule has 72 valence electrons. The summed E-state index contributed by atoms with van der Waals surface area (Å²) in [6.45, 7) is 9.04. The summed E-state index contributed by atoms with van der Waals surface area (Å²) >= 11 is 0. The van der Waals surface area contributed by atoms with Crippen LogP contribution in [0.3, 0.4) is 0 Å². The molecule has 12 heavy (non-hydrogen) atoms. The monoisotopic (exact) mass is 170 g/mol. The van der Waals surface area contributed by atoms with Gasteiger partial charge >= 0.3 is 0 Å². The summed E-state index contributed by atoms with van der Waals surface area (Å²) in [6, 6.07) is 0. The predicted molar refractivity (Wildman–Crippen MR) is 53.2 cm³/mol. The highest BCUT2D eigenvalue weighted by Crippen LogP contribution is 2.35. The maximum absolute atomic E-state index is 10.2. The molecule has 0 N–H and O–H groups in total. The summed E-state index contributed by atoms with van der Waals surface area (Å²) in [6.07, 6.45) is 5.20. The van der Waals surface area contributed by atoms with Crippen molar-refractivity contribution in [2.45, 2.75) is 53.4 Å². The van der Waals surface area contributed by atoms with Gasteiger partial charge in [0.25, 0.3) is 0 Å². The van der Waals surface area contributed by atoms with E-state index in [1.807, 2.05) is 0 Å². The number of hydrogen-bond acceptors (Lipinski definition) is 1. The Morgan fingerprint density at radius 1 is 1.33 bits per heavy atom. The zero-order valence-corrected chi connectivity index (χ0v) is 8.89. The van der Waals surface area contributed by atoms with Crippen molar-refractivity contribution < 1.29 is 4.79 Å². The minimum atomic E-state index is 0.401. The van der Waals surface area contributed by atoms with Gasteiger partial charge in [0.1, 0.15) is 6.29 Å². The molecule has 0 fully saturated rings. The largest absolute Gasteiger partial charge is 0.303 e. The van der Waals surface area contributed by atoms with E-state index in [1.54, 1.807) is 0 Å². The summed E-state index contributed by atoms with van der Waals surface area (Å²) in [5.41, 5.74) is 0.401. The first kappa shape index (κ1) is 11.7. The molecular formula is C11H22O. The van der Waals surface area contributed by atoms with E-state index in [0.29, 0.717) is 11.3 Å². The minimum absolute atomic E-state index is 0.401. The molecule has 0 amide bonds. The molecule has 0 radical (unpaired) electrons. The Labute approximate surface area is 76.6 Å². The predicted octanol–water partition coefficient (Wildman–Crippen LogP) is 3.43. The van der Waals surface area contributed by atoms with Crippen LogP contribution in [0.1, 0.15) is 53.4 Å². The van der Waals surface area contributed by atoms with Crippen LogP contribution in [0.4, 0.5) is 0 Å². The minimum Gasteiger partial charge on any atom is -0.303 e. The molecule has 0 aliphatic carbocycles. The topological polar surface area (TPSA) is 17.1 Å². The van der Waals surface area contributed by atoms with Gasteiger partial charge in [-0.05, 0) is 17.8 Å². The van der Waals surface area contributed by atoms with Crippen molar-refractivity contribution in [2.75, 3.05) is 0 Å². The molecule has 0 saturated carbocycles. The summed E-state index contributed by atoms with van der Waals surface area (Å²) in [5, 5.41) is 0. The highest BCUT2D eigenvalue weighted by atomic mass is 16.1.